The van der Waals surface area contributed by atoms with Crippen LogP contribution in [0.2, 0.25) is 0 Å². The van der Waals surface area contributed by atoms with E-state index < -0.39 is 0 Å². The number of rotatable bonds is 4. The van der Waals surface area contributed by atoms with Gasteiger partial charge in [0, 0.05) is 32.1 Å². The van der Waals surface area contributed by atoms with E-state index in [2.05, 4.69) is 4.90 Å². The van der Waals surface area contributed by atoms with Crippen molar-refractivity contribution in [2.75, 3.05) is 26.7 Å². The quantitative estimate of drug-likeness (QED) is 0.770. The number of hydrogen-bond donors (Lipinski definition) is 1. The summed E-state index contributed by atoms with van der Waals surface area (Å²) in [6, 6.07) is 0.217. The molecule has 0 bridgehead atoms. The highest BCUT2D eigenvalue weighted by Gasteiger charge is 2.29. The number of methoxy groups -OCH3 is 1. The van der Waals surface area contributed by atoms with Crippen LogP contribution in [0, 0.1) is 11.8 Å². The molecule has 2 rings (SSSR count). The molecule has 0 aromatic rings. The van der Waals surface area contributed by atoms with Crippen molar-refractivity contribution in [3.05, 3.63) is 0 Å². The molecule has 1 aliphatic carbocycles. The molecule has 1 heterocycles. The smallest absolute Gasteiger partial charge is 0.305 e. The number of carbonyl (C=O) groups is 1. The summed E-state index contributed by atoms with van der Waals surface area (Å²) in [4.78, 5) is 13.8. The topological polar surface area (TPSA) is 55.6 Å². The van der Waals surface area contributed by atoms with Gasteiger partial charge in [0.15, 0.2) is 0 Å². The van der Waals surface area contributed by atoms with E-state index in [1.165, 1.54) is 39.3 Å². The number of ether oxygens (including phenoxy) is 1. The summed E-state index contributed by atoms with van der Waals surface area (Å²) in [6.45, 7) is 3.18. The van der Waals surface area contributed by atoms with E-state index in [1.807, 2.05) is 0 Å². The molecular formula is C14H26N2O2. The van der Waals surface area contributed by atoms with Crippen molar-refractivity contribution in [2.24, 2.45) is 17.6 Å². The standard InChI is InChI=1S/C14H26N2O2/c1-18-14(17)7-12-6-13(15)10-16(9-12)8-11-4-2-3-5-11/h11-13H,2-10,15H2,1H3. The lowest BCUT2D eigenvalue weighted by molar-refractivity contribution is -0.142. The van der Waals surface area contributed by atoms with E-state index in [9.17, 15) is 4.79 Å². The molecule has 1 aliphatic heterocycles. The van der Waals surface area contributed by atoms with E-state index in [0.717, 1.165) is 25.4 Å². The molecule has 0 aromatic carbocycles. The fourth-order valence-electron chi connectivity index (χ4n) is 3.52. The summed E-state index contributed by atoms with van der Waals surface area (Å²) in [5, 5.41) is 0. The lowest BCUT2D eigenvalue weighted by atomic mass is 9.91. The van der Waals surface area contributed by atoms with Gasteiger partial charge in [-0.25, -0.2) is 0 Å². The highest BCUT2D eigenvalue weighted by Crippen LogP contribution is 2.27. The largest absolute Gasteiger partial charge is 0.469 e. The van der Waals surface area contributed by atoms with E-state index in [0.29, 0.717) is 12.3 Å². The second-order valence-electron chi connectivity index (χ2n) is 6.01. The van der Waals surface area contributed by atoms with Gasteiger partial charge in [0.1, 0.15) is 0 Å². The van der Waals surface area contributed by atoms with E-state index in [-0.39, 0.29) is 12.0 Å². The molecule has 1 saturated heterocycles. The highest BCUT2D eigenvalue weighted by molar-refractivity contribution is 5.69. The van der Waals surface area contributed by atoms with Gasteiger partial charge < -0.3 is 15.4 Å². The number of hydrogen-bond acceptors (Lipinski definition) is 4. The van der Waals surface area contributed by atoms with Gasteiger partial charge in [-0.15, -0.1) is 0 Å². The summed E-state index contributed by atoms with van der Waals surface area (Å²) in [7, 11) is 1.46. The number of nitrogens with zero attached hydrogens (tertiary/aromatic N) is 1. The Balaban J connectivity index is 1.81. The molecule has 0 spiro atoms. The van der Waals surface area contributed by atoms with Crippen molar-refractivity contribution in [3.8, 4) is 0 Å². The summed E-state index contributed by atoms with van der Waals surface area (Å²) >= 11 is 0. The molecule has 104 valence electrons. The van der Waals surface area contributed by atoms with Crippen LogP contribution in [0.15, 0.2) is 0 Å². The van der Waals surface area contributed by atoms with Crippen LogP contribution in [0.3, 0.4) is 0 Å². The Hall–Kier alpha value is -0.610. The summed E-state index contributed by atoms with van der Waals surface area (Å²) in [6.07, 6.45) is 6.98. The molecule has 2 unspecified atom stereocenters. The van der Waals surface area contributed by atoms with E-state index in [1.54, 1.807) is 0 Å². The van der Waals surface area contributed by atoms with Gasteiger partial charge in [-0.3, -0.25) is 4.79 Å². The molecular weight excluding hydrogens is 228 g/mol. The Morgan fingerprint density at radius 3 is 2.67 bits per heavy atom. The van der Waals surface area contributed by atoms with Crippen LogP contribution in [0.25, 0.3) is 0 Å². The molecule has 0 radical (unpaired) electrons. The van der Waals surface area contributed by atoms with Crippen LogP contribution in [-0.2, 0) is 9.53 Å². The summed E-state index contributed by atoms with van der Waals surface area (Å²) in [5.74, 6) is 1.13. The minimum Gasteiger partial charge on any atom is -0.469 e. The maximum absolute atomic E-state index is 11.4. The number of nitrogens with two attached hydrogens (primary N) is 1. The van der Waals surface area contributed by atoms with Crippen molar-refractivity contribution >= 4 is 5.97 Å². The lowest BCUT2D eigenvalue weighted by Gasteiger charge is -2.37. The Labute approximate surface area is 110 Å². The molecule has 0 aromatic heterocycles. The predicted molar refractivity (Wildman–Crippen MR) is 71.1 cm³/mol. The Morgan fingerprint density at radius 1 is 1.28 bits per heavy atom. The second-order valence-corrected chi connectivity index (χ2v) is 6.01. The van der Waals surface area contributed by atoms with Gasteiger partial charge in [-0.05, 0) is 31.1 Å². The van der Waals surface area contributed by atoms with Crippen molar-refractivity contribution < 1.29 is 9.53 Å². The van der Waals surface area contributed by atoms with Gasteiger partial charge in [0.2, 0.25) is 0 Å². The van der Waals surface area contributed by atoms with Crippen molar-refractivity contribution in [3.63, 3.8) is 0 Å². The first-order chi connectivity index (χ1) is 8.67. The minimum atomic E-state index is -0.102. The molecule has 2 fully saturated rings. The SMILES string of the molecule is COC(=O)CC1CC(N)CN(CC2CCCC2)C1. The first-order valence-corrected chi connectivity index (χ1v) is 7.22. The number of esters is 1. The molecule has 1 saturated carbocycles. The molecule has 2 atom stereocenters. The maximum Gasteiger partial charge on any atom is 0.305 e. The Bertz CT molecular complexity index is 277. The number of carbonyl (C=O) groups excluding carboxylic acids is 1. The first kappa shape index (κ1) is 13.8. The van der Waals surface area contributed by atoms with Crippen molar-refractivity contribution in [1.29, 1.82) is 0 Å². The zero-order valence-corrected chi connectivity index (χ0v) is 11.4. The average Bonchev–Trinajstić information content (AvgIpc) is 2.80. The van der Waals surface area contributed by atoms with E-state index in [4.69, 9.17) is 10.5 Å². The molecule has 4 nitrogen and oxygen atoms in total. The highest BCUT2D eigenvalue weighted by atomic mass is 16.5. The third-order valence-corrected chi connectivity index (χ3v) is 4.32. The fourth-order valence-corrected chi connectivity index (χ4v) is 3.52. The molecule has 0 amide bonds. The average molecular weight is 254 g/mol. The molecule has 4 heteroatoms. The van der Waals surface area contributed by atoms with Crippen LogP contribution < -0.4 is 5.73 Å². The van der Waals surface area contributed by atoms with Gasteiger partial charge in [0.05, 0.1) is 7.11 Å². The molecule has 18 heavy (non-hydrogen) atoms. The fraction of sp³-hybridized carbons (Fsp3) is 0.929. The van der Waals surface area contributed by atoms with Crippen LogP contribution in [0.1, 0.15) is 38.5 Å². The normalized spacial score (nSPS) is 30.6. The van der Waals surface area contributed by atoms with Crippen LogP contribution >= 0.6 is 0 Å². The van der Waals surface area contributed by atoms with E-state index >= 15 is 0 Å². The van der Waals surface area contributed by atoms with Crippen molar-refractivity contribution in [1.82, 2.24) is 4.90 Å². The summed E-state index contributed by atoms with van der Waals surface area (Å²) in [5.41, 5.74) is 6.11. The zero-order chi connectivity index (χ0) is 13.0. The molecule has 2 N–H and O–H groups in total. The zero-order valence-electron chi connectivity index (χ0n) is 11.4. The molecule has 2 aliphatic rings. The number of likely N-dealkylation sites (tertiary alicyclic amines) is 1. The van der Waals surface area contributed by atoms with Gasteiger partial charge >= 0.3 is 5.97 Å². The van der Waals surface area contributed by atoms with Crippen LogP contribution in [-0.4, -0.2) is 43.7 Å². The Morgan fingerprint density at radius 2 is 2.00 bits per heavy atom. The van der Waals surface area contributed by atoms with Crippen LogP contribution in [0.4, 0.5) is 0 Å². The van der Waals surface area contributed by atoms with Crippen molar-refractivity contribution in [2.45, 2.75) is 44.6 Å². The third-order valence-electron chi connectivity index (χ3n) is 4.32. The lowest BCUT2D eigenvalue weighted by Crippen LogP contribution is -2.48. The number of piperidine rings is 1. The summed E-state index contributed by atoms with van der Waals surface area (Å²) < 4.78 is 4.76. The predicted octanol–water partition coefficient (Wildman–Crippen LogP) is 1.39. The Kier molecular flexibility index (Phi) is 5.01. The van der Waals surface area contributed by atoms with Gasteiger partial charge in [0.25, 0.3) is 0 Å². The third kappa shape index (κ3) is 3.95. The van der Waals surface area contributed by atoms with Gasteiger partial charge in [-0.2, -0.15) is 0 Å². The first-order valence-electron chi connectivity index (χ1n) is 7.22. The second kappa shape index (κ2) is 6.53. The monoisotopic (exact) mass is 254 g/mol. The minimum absolute atomic E-state index is 0.102. The van der Waals surface area contributed by atoms with Crippen LogP contribution in [0.5, 0.6) is 0 Å². The van der Waals surface area contributed by atoms with Gasteiger partial charge in [-0.1, -0.05) is 12.8 Å². The maximum atomic E-state index is 11.4.